The van der Waals surface area contributed by atoms with E-state index in [-0.39, 0.29) is 29.5 Å². The van der Waals surface area contributed by atoms with E-state index in [1.807, 2.05) is 6.07 Å². The number of anilines is 2. The highest BCUT2D eigenvalue weighted by atomic mass is 16.5. The normalized spacial score (nSPS) is 10.7. The summed E-state index contributed by atoms with van der Waals surface area (Å²) in [7, 11) is 3.11. The first kappa shape index (κ1) is 21.5. The Balaban J connectivity index is 1.63. The van der Waals surface area contributed by atoms with Gasteiger partial charge in [0.15, 0.2) is 11.5 Å². The average Bonchev–Trinajstić information content (AvgIpc) is 2.76. The number of hydrogen-bond donors (Lipinski definition) is 3. The van der Waals surface area contributed by atoms with E-state index in [9.17, 15) is 9.59 Å². The van der Waals surface area contributed by atoms with Crippen molar-refractivity contribution >= 4 is 23.8 Å². The van der Waals surface area contributed by atoms with Crippen molar-refractivity contribution in [3.63, 3.8) is 0 Å². The monoisotopic (exact) mass is 422 g/mol. The molecule has 10 nitrogen and oxygen atoms in total. The van der Waals surface area contributed by atoms with Crippen LogP contribution < -0.4 is 25.8 Å². The van der Waals surface area contributed by atoms with Gasteiger partial charge in [0.05, 0.1) is 20.4 Å². The minimum atomic E-state index is -0.373. The van der Waals surface area contributed by atoms with Gasteiger partial charge >= 0.3 is 0 Å². The van der Waals surface area contributed by atoms with Crippen LogP contribution in [0.15, 0.2) is 52.4 Å². The van der Waals surface area contributed by atoms with Gasteiger partial charge in [-0.1, -0.05) is 18.2 Å². The molecule has 0 bridgehead atoms. The first-order chi connectivity index (χ1) is 15.0. The average molecular weight is 422 g/mol. The van der Waals surface area contributed by atoms with E-state index < -0.39 is 0 Å². The number of H-pyrrole nitrogens is 1. The van der Waals surface area contributed by atoms with Gasteiger partial charge < -0.3 is 14.8 Å². The third-order valence-electron chi connectivity index (χ3n) is 4.20. The first-order valence-corrected chi connectivity index (χ1v) is 9.32. The molecule has 0 saturated carbocycles. The van der Waals surface area contributed by atoms with Crippen molar-refractivity contribution < 1.29 is 14.3 Å². The summed E-state index contributed by atoms with van der Waals surface area (Å²) in [5.41, 5.74) is 4.84. The van der Waals surface area contributed by atoms with Crippen LogP contribution in [0.2, 0.25) is 0 Å². The minimum absolute atomic E-state index is 0.118. The summed E-state index contributed by atoms with van der Waals surface area (Å²) >= 11 is 0. The lowest BCUT2D eigenvalue weighted by Gasteiger charge is -2.09. The van der Waals surface area contributed by atoms with Gasteiger partial charge in [-0.05, 0) is 35.4 Å². The Bertz CT molecular complexity index is 1140. The van der Waals surface area contributed by atoms with Gasteiger partial charge in [-0.25, -0.2) is 5.43 Å². The maximum Gasteiger partial charge on any atom is 0.274 e. The molecule has 160 valence electrons. The Labute approximate surface area is 178 Å². The maximum atomic E-state index is 12.3. The molecule has 1 amide bonds. The number of carbonyl (C=O) groups excluding carboxylic acids is 1. The summed E-state index contributed by atoms with van der Waals surface area (Å²) in [5.74, 6) is 1.16. The lowest BCUT2D eigenvalue weighted by atomic mass is 10.1. The van der Waals surface area contributed by atoms with E-state index >= 15 is 0 Å². The number of carbonyl (C=O) groups is 1. The number of amides is 1. The molecule has 3 rings (SSSR count). The van der Waals surface area contributed by atoms with Crippen molar-refractivity contribution in [2.24, 2.45) is 5.10 Å². The van der Waals surface area contributed by atoms with Crippen LogP contribution in [-0.2, 0) is 11.2 Å². The van der Waals surface area contributed by atoms with Gasteiger partial charge in [0.25, 0.3) is 5.56 Å². The van der Waals surface area contributed by atoms with Crippen LogP contribution in [0.3, 0.4) is 0 Å². The maximum absolute atomic E-state index is 12.3. The molecule has 3 aromatic rings. The predicted octanol–water partition coefficient (Wildman–Crippen LogP) is 2.18. The SMILES string of the molecule is COc1ccc(Cc2nnc(NN=Cc3ccc(NC(C)=O)cc3)[nH]c2=O)cc1OC. The number of nitrogens with zero attached hydrogens (tertiary/aromatic N) is 3. The van der Waals surface area contributed by atoms with Crippen LogP contribution in [0.4, 0.5) is 11.6 Å². The molecule has 0 spiro atoms. The van der Waals surface area contributed by atoms with Crippen molar-refractivity contribution in [1.82, 2.24) is 15.2 Å². The largest absolute Gasteiger partial charge is 0.493 e. The van der Waals surface area contributed by atoms with Crippen LogP contribution in [-0.4, -0.2) is 41.5 Å². The number of hydrazone groups is 1. The molecule has 2 aromatic carbocycles. The van der Waals surface area contributed by atoms with Gasteiger partial charge in [0.1, 0.15) is 5.69 Å². The standard InChI is InChI=1S/C21H22N6O4/c1-13(28)23-16-7-4-14(5-8-16)12-22-26-21-24-20(29)17(25-27-21)10-15-6-9-18(30-2)19(11-15)31-3/h4-9,11-12H,10H2,1-3H3,(H,23,28)(H2,24,26,27,29). The van der Waals surface area contributed by atoms with E-state index in [0.29, 0.717) is 17.2 Å². The molecule has 0 aliphatic rings. The van der Waals surface area contributed by atoms with Crippen molar-refractivity contribution in [3.05, 3.63) is 69.6 Å². The second kappa shape index (κ2) is 10.0. The van der Waals surface area contributed by atoms with Gasteiger partial charge in [0, 0.05) is 19.0 Å². The topological polar surface area (TPSA) is 131 Å². The van der Waals surface area contributed by atoms with Crippen molar-refractivity contribution in [1.29, 1.82) is 0 Å². The summed E-state index contributed by atoms with van der Waals surface area (Å²) in [6.07, 6.45) is 1.84. The van der Waals surface area contributed by atoms with E-state index in [0.717, 1.165) is 11.1 Å². The molecule has 0 fully saturated rings. The quantitative estimate of drug-likeness (QED) is 0.375. The number of benzene rings is 2. The minimum Gasteiger partial charge on any atom is -0.493 e. The van der Waals surface area contributed by atoms with Gasteiger partial charge in [-0.3, -0.25) is 14.6 Å². The van der Waals surface area contributed by atoms with Crippen LogP contribution in [0.1, 0.15) is 23.7 Å². The lowest BCUT2D eigenvalue weighted by Crippen LogP contribution is -2.18. The molecule has 0 radical (unpaired) electrons. The zero-order valence-electron chi connectivity index (χ0n) is 17.3. The first-order valence-electron chi connectivity index (χ1n) is 9.32. The van der Waals surface area contributed by atoms with Crippen LogP contribution in [0.25, 0.3) is 0 Å². The summed E-state index contributed by atoms with van der Waals surface area (Å²) in [6.45, 7) is 1.44. The smallest absolute Gasteiger partial charge is 0.274 e. The zero-order valence-corrected chi connectivity index (χ0v) is 17.3. The van der Waals surface area contributed by atoms with Crippen LogP contribution in [0, 0.1) is 0 Å². The molecule has 0 atom stereocenters. The predicted molar refractivity (Wildman–Crippen MR) is 117 cm³/mol. The fraction of sp³-hybridized carbons (Fsp3) is 0.190. The zero-order chi connectivity index (χ0) is 22.2. The molecule has 10 heteroatoms. The fourth-order valence-corrected chi connectivity index (χ4v) is 2.73. The summed E-state index contributed by atoms with van der Waals surface area (Å²) in [6, 6.07) is 12.5. The number of hydrogen-bond acceptors (Lipinski definition) is 8. The Morgan fingerprint density at radius 3 is 2.48 bits per heavy atom. The van der Waals surface area contributed by atoms with Gasteiger partial charge in [-0.2, -0.15) is 5.10 Å². The molecular weight excluding hydrogens is 400 g/mol. The molecule has 1 heterocycles. The Morgan fingerprint density at radius 1 is 1.10 bits per heavy atom. The molecule has 31 heavy (non-hydrogen) atoms. The second-order valence-corrected chi connectivity index (χ2v) is 6.49. The molecular formula is C21H22N6O4. The molecule has 0 aliphatic carbocycles. The van der Waals surface area contributed by atoms with E-state index in [1.54, 1.807) is 56.8 Å². The summed E-state index contributed by atoms with van der Waals surface area (Å²) < 4.78 is 10.5. The number of nitrogens with one attached hydrogen (secondary N) is 3. The van der Waals surface area contributed by atoms with Crippen molar-refractivity contribution in [2.45, 2.75) is 13.3 Å². The van der Waals surface area contributed by atoms with Crippen LogP contribution in [0.5, 0.6) is 11.5 Å². The number of aromatic amines is 1. The van der Waals surface area contributed by atoms with Crippen LogP contribution >= 0.6 is 0 Å². The third kappa shape index (κ3) is 5.89. The molecule has 3 N–H and O–H groups in total. The summed E-state index contributed by atoms with van der Waals surface area (Å²) in [5, 5.41) is 14.7. The Hall–Kier alpha value is -4.21. The van der Waals surface area contributed by atoms with Crippen molar-refractivity contribution in [3.8, 4) is 11.5 Å². The molecule has 1 aromatic heterocycles. The number of aromatic nitrogens is 3. The fourth-order valence-electron chi connectivity index (χ4n) is 2.73. The molecule has 0 saturated heterocycles. The van der Waals surface area contributed by atoms with E-state index in [4.69, 9.17) is 9.47 Å². The molecule has 0 aliphatic heterocycles. The third-order valence-corrected chi connectivity index (χ3v) is 4.20. The number of methoxy groups -OCH3 is 2. The number of ether oxygens (including phenoxy) is 2. The summed E-state index contributed by atoms with van der Waals surface area (Å²) in [4.78, 5) is 26.0. The number of rotatable bonds is 8. The lowest BCUT2D eigenvalue weighted by molar-refractivity contribution is -0.114. The highest BCUT2D eigenvalue weighted by molar-refractivity contribution is 5.89. The van der Waals surface area contributed by atoms with E-state index in [1.165, 1.54) is 6.92 Å². The Morgan fingerprint density at radius 2 is 1.84 bits per heavy atom. The highest BCUT2D eigenvalue weighted by Gasteiger charge is 2.09. The Kier molecular flexibility index (Phi) is 6.94. The second-order valence-electron chi connectivity index (χ2n) is 6.49. The molecule has 0 unspecified atom stereocenters. The van der Waals surface area contributed by atoms with Gasteiger partial charge in [-0.15, -0.1) is 10.2 Å². The highest BCUT2D eigenvalue weighted by Crippen LogP contribution is 2.28. The van der Waals surface area contributed by atoms with E-state index in [2.05, 4.69) is 31.0 Å². The van der Waals surface area contributed by atoms with Crippen molar-refractivity contribution in [2.75, 3.05) is 25.0 Å². The van der Waals surface area contributed by atoms with Gasteiger partial charge in [0.2, 0.25) is 11.9 Å².